The maximum Gasteiger partial charge on any atom is 0.244 e. The van der Waals surface area contributed by atoms with E-state index in [1.54, 1.807) is 18.6 Å². The molecule has 29 heavy (non-hydrogen) atoms. The molecular weight excluding hydrogens is 364 g/mol. The summed E-state index contributed by atoms with van der Waals surface area (Å²) in [6.45, 7) is 1.92. The Morgan fingerprint density at radius 1 is 0.966 bits per heavy atom. The van der Waals surface area contributed by atoms with Crippen molar-refractivity contribution in [2.24, 2.45) is 0 Å². The highest BCUT2D eigenvalue weighted by atomic mass is 16.5. The Morgan fingerprint density at radius 2 is 1.83 bits per heavy atom. The number of hydrogen-bond donors (Lipinski definition) is 0. The van der Waals surface area contributed by atoms with Gasteiger partial charge in [0.05, 0.1) is 11.7 Å². The van der Waals surface area contributed by atoms with Crippen LogP contribution in [0, 0.1) is 0 Å². The molecule has 1 unspecified atom stereocenters. The van der Waals surface area contributed by atoms with Gasteiger partial charge in [0.15, 0.2) is 0 Å². The quantitative estimate of drug-likeness (QED) is 0.516. The molecule has 0 bridgehead atoms. The van der Waals surface area contributed by atoms with Crippen molar-refractivity contribution in [3.05, 3.63) is 78.8 Å². The molecule has 0 spiro atoms. The molecule has 0 radical (unpaired) electrons. The number of pyridine rings is 1. The Kier molecular flexibility index (Phi) is 4.80. The third-order valence-electron chi connectivity index (χ3n) is 5.20. The van der Waals surface area contributed by atoms with E-state index in [1.807, 2.05) is 18.2 Å². The molecule has 4 aromatic rings. The van der Waals surface area contributed by atoms with Crippen molar-refractivity contribution in [2.45, 2.75) is 25.4 Å². The lowest BCUT2D eigenvalue weighted by atomic mass is 10.1. The van der Waals surface area contributed by atoms with E-state index in [4.69, 9.17) is 4.52 Å². The zero-order chi connectivity index (χ0) is 19.5. The van der Waals surface area contributed by atoms with Crippen LogP contribution < -0.4 is 0 Å². The van der Waals surface area contributed by atoms with Crippen LogP contribution >= 0.6 is 0 Å². The smallest absolute Gasteiger partial charge is 0.244 e. The number of hydrogen-bond acceptors (Lipinski definition) is 7. The van der Waals surface area contributed by atoms with Gasteiger partial charge in [0.2, 0.25) is 11.7 Å². The lowest BCUT2D eigenvalue weighted by Crippen LogP contribution is -2.22. The van der Waals surface area contributed by atoms with Gasteiger partial charge in [-0.15, -0.1) is 0 Å². The highest BCUT2D eigenvalue weighted by molar-refractivity contribution is 5.61. The molecule has 1 atom stereocenters. The summed E-state index contributed by atoms with van der Waals surface area (Å²) in [7, 11) is 0. The van der Waals surface area contributed by atoms with E-state index < -0.39 is 0 Å². The molecule has 1 aliphatic heterocycles. The van der Waals surface area contributed by atoms with Crippen LogP contribution in [0.4, 0.5) is 0 Å². The van der Waals surface area contributed by atoms with E-state index in [2.05, 4.69) is 54.3 Å². The predicted molar refractivity (Wildman–Crippen MR) is 107 cm³/mol. The molecule has 0 saturated carbocycles. The molecule has 0 aliphatic carbocycles. The van der Waals surface area contributed by atoms with Gasteiger partial charge >= 0.3 is 0 Å². The van der Waals surface area contributed by atoms with Gasteiger partial charge in [-0.1, -0.05) is 35.5 Å². The van der Waals surface area contributed by atoms with Gasteiger partial charge in [0, 0.05) is 36.3 Å². The second-order valence-electron chi connectivity index (χ2n) is 7.13. The average Bonchev–Trinajstić information content (AvgIpc) is 3.45. The molecule has 1 saturated heterocycles. The van der Waals surface area contributed by atoms with Gasteiger partial charge in [0.25, 0.3) is 0 Å². The molecule has 1 aromatic carbocycles. The first-order chi connectivity index (χ1) is 14.4. The Labute approximate surface area is 168 Å². The van der Waals surface area contributed by atoms with E-state index in [1.165, 1.54) is 11.9 Å². The first-order valence-corrected chi connectivity index (χ1v) is 9.70. The molecule has 4 heterocycles. The minimum absolute atomic E-state index is 0.158. The summed E-state index contributed by atoms with van der Waals surface area (Å²) < 4.78 is 5.64. The van der Waals surface area contributed by atoms with Gasteiger partial charge in [-0.3, -0.25) is 9.88 Å². The molecular formula is C22H20N6O. The number of benzene rings is 1. The van der Waals surface area contributed by atoms with E-state index in [0.717, 1.165) is 42.8 Å². The summed E-state index contributed by atoms with van der Waals surface area (Å²) in [5.41, 5.74) is 3.80. The number of rotatable bonds is 5. The SMILES string of the molecule is c1ccc(CN2CCCC2c2nc(-c3ccc(-c4cncnc4)nc3)no2)cc1. The summed E-state index contributed by atoms with van der Waals surface area (Å²) in [6.07, 6.45) is 8.90. The minimum Gasteiger partial charge on any atom is -0.337 e. The summed E-state index contributed by atoms with van der Waals surface area (Å²) in [4.78, 5) is 19.6. The van der Waals surface area contributed by atoms with Crippen LogP contribution in [0.15, 0.2) is 71.9 Å². The lowest BCUT2D eigenvalue weighted by Gasteiger charge is -2.21. The van der Waals surface area contributed by atoms with Crippen LogP contribution in [-0.2, 0) is 6.54 Å². The zero-order valence-electron chi connectivity index (χ0n) is 15.8. The number of nitrogens with zero attached hydrogens (tertiary/aromatic N) is 6. The zero-order valence-corrected chi connectivity index (χ0v) is 15.8. The molecule has 7 nitrogen and oxygen atoms in total. The van der Waals surface area contributed by atoms with Crippen LogP contribution in [0.25, 0.3) is 22.6 Å². The summed E-state index contributed by atoms with van der Waals surface area (Å²) in [5, 5.41) is 4.20. The first kappa shape index (κ1) is 17.6. The Hall–Kier alpha value is -3.45. The fourth-order valence-electron chi connectivity index (χ4n) is 3.73. The Bertz CT molecular complexity index is 1070. The maximum absolute atomic E-state index is 5.64. The number of aromatic nitrogens is 5. The van der Waals surface area contributed by atoms with E-state index in [0.29, 0.717) is 11.7 Å². The van der Waals surface area contributed by atoms with Crippen LogP contribution in [0.3, 0.4) is 0 Å². The highest BCUT2D eigenvalue weighted by Gasteiger charge is 2.30. The van der Waals surface area contributed by atoms with Crippen LogP contribution in [0.1, 0.15) is 30.3 Å². The largest absolute Gasteiger partial charge is 0.337 e. The van der Waals surface area contributed by atoms with E-state index in [9.17, 15) is 0 Å². The Balaban J connectivity index is 1.33. The fourth-order valence-corrected chi connectivity index (χ4v) is 3.73. The van der Waals surface area contributed by atoms with Crippen molar-refractivity contribution in [3.63, 3.8) is 0 Å². The summed E-state index contributed by atoms with van der Waals surface area (Å²) in [5.74, 6) is 1.24. The van der Waals surface area contributed by atoms with Gasteiger partial charge in [-0.05, 0) is 37.1 Å². The summed E-state index contributed by atoms with van der Waals surface area (Å²) in [6, 6.07) is 14.5. The van der Waals surface area contributed by atoms with Crippen molar-refractivity contribution >= 4 is 0 Å². The minimum atomic E-state index is 0.158. The molecule has 144 valence electrons. The van der Waals surface area contributed by atoms with Crippen molar-refractivity contribution in [3.8, 4) is 22.6 Å². The molecule has 0 amide bonds. The molecule has 7 heteroatoms. The van der Waals surface area contributed by atoms with Gasteiger partial charge in [-0.2, -0.15) is 4.98 Å². The highest BCUT2D eigenvalue weighted by Crippen LogP contribution is 2.33. The maximum atomic E-state index is 5.64. The topological polar surface area (TPSA) is 80.8 Å². The normalized spacial score (nSPS) is 16.9. The van der Waals surface area contributed by atoms with Crippen molar-refractivity contribution in [1.29, 1.82) is 0 Å². The standard InChI is InChI=1S/C22H20N6O/c1-2-5-16(6-3-1)14-28-10-4-7-20(28)22-26-21(27-29-22)17-8-9-19(25-13-17)18-11-23-15-24-12-18/h1-3,5-6,8-9,11-13,15,20H,4,7,10,14H2. The fraction of sp³-hybridized carbons (Fsp3) is 0.227. The molecule has 5 rings (SSSR count). The van der Waals surface area contributed by atoms with E-state index >= 15 is 0 Å². The van der Waals surface area contributed by atoms with Crippen LogP contribution in [0.5, 0.6) is 0 Å². The second-order valence-corrected chi connectivity index (χ2v) is 7.13. The van der Waals surface area contributed by atoms with Gasteiger partial charge in [-0.25, -0.2) is 9.97 Å². The molecule has 3 aromatic heterocycles. The van der Waals surface area contributed by atoms with E-state index in [-0.39, 0.29) is 6.04 Å². The van der Waals surface area contributed by atoms with Crippen LogP contribution in [-0.4, -0.2) is 36.5 Å². The van der Waals surface area contributed by atoms with Gasteiger partial charge in [0.1, 0.15) is 6.33 Å². The summed E-state index contributed by atoms with van der Waals surface area (Å²) >= 11 is 0. The molecule has 0 N–H and O–H groups in total. The molecule has 1 fully saturated rings. The van der Waals surface area contributed by atoms with Crippen molar-refractivity contribution < 1.29 is 4.52 Å². The predicted octanol–water partition coefficient (Wildman–Crippen LogP) is 3.93. The molecule has 1 aliphatic rings. The average molecular weight is 384 g/mol. The van der Waals surface area contributed by atoms with Crippen LogP contribution in [0.2, 0.25) is 0 Å². The third-order valence-corrected chi connectivity index (χ3v) is 5.20. The number of likely N-dealkylation sites (tertiary alicyclic amines) is 1. The Morgan fingerprint density at radius 3 is 2.62 bits per heavy atom. The second kappa shape index (κ2) is 7.89. The lowest BCUT2D eigenvalue weighted by molar-refractivity contribution is 0.201. The first-order valence-electron chi connectivity index (χ1n) is 9.70. The van der Waals surface area contributed by atoms with Gasteiger partial charge < -0.3 is 4.52 Å². The van der Waals surface area contributed by atoms with Crippen molar-refractivity contribution in [1.82, 2.24) is 30.0 Å². The third kappa shape index (κ3) is 3.77. The monoisotopic (exact) mass is 384 g/mol. The van der Waals surface area contributed by atoms with Crippen molar-refractivity contribution in [2.75, 3.05) is 6.54 Å².